The van der Waals surface area contributed by atoms with Crippen molar-refractivity contribution in [1.29, 1.82) is 0 Å². The van der Waals surface area contributed by atoms with Crippen LogP contribution in [0.3, 0.4) is 0 Å². The van der Waals surface area contributed by atoms with E-state index in [1.165, 1.54) is 16.9 Å². The Morgan fingerprint density at radius 2 is 1.88 bits per heavy atom. The van der Waals surface area contributed by atoms with E-state index in [4.69, 9.17) is 14.5 Å². The highest BCUT2D eigenvalue weighted by molar-refractivity contribution is 7.14. The van der Waals surface area contributed by atoms with Crippen LogP contribution in [0.4, 0.5) is 5.13 Å². The summed E-state index contributed by atoms with van der Waals surface area (Å²) in [6.07, 6.45) is 2.03. The van der Waals surface area contributed by atoms with Crippen LogP contribution in [0.1, 0.15) is 49.5 Å². The molecule has 6 heteroatoms. The van der Waals surface area contributed by atoms with Crippen molar-refractivity contribution in [1.82, 2.24) is 4.98 Å². The number of carbonyl (C=O) groups is 1. The summed E-state index contributed by atoms with van der Waals surface area (Å²) in [7, 11) is 1.65. The first-order valence-corrected chi connectivity index (χ1v) is 11.9. The zero-order valence-electron chi connectivity index (χ0n) is 19.1. The van der Waals surface area contributed by atoms with Gasteiger partial charge in [0.15, 0.2) is 5.13 Å². The Bertz CT molecular complexity index is 1050. The van der Waals surface area contributed by atoms with E-state index in [1.54, 1.807) is 12.0 Å². The van der Waals surface area contributed by atoms with Gasteiger partial charge in [0.2, 0.25) is 0 Å². The van der Waals surface area contributed by atoms with Gasteiger partial charge in [-0.25, -0.2) is 4.98 Å². The third-order valence-corrected chi connectivity index (χ3v) is 6.63. The fourth-order valence-corrected chi connectivity index (χ4v) is 4.63. The zero-order chi connectivity index (χ0) is 22.7. The van der Waals surface area contributed by atoms with E-state index in [9.17, 15) is 4.79 Å². The molecule has 2 aromatic carbocycles. The summed E-state index contributed by atoms with van der Waals surface area (Å²) < 4.78 is 11.1. The Morgan fingerprint density at radius 3 is 2.47 bits per heavy atom. The Hall–Kier alpha value is -2.70. The summed E-state index contributed by atoms with van der Waals surface area (Å²) in [5.41, 5.74) is 3.75. The van der Waals surface area contributed by atoms with E-state index in [0.717, 1.165) is 36.5 Å². The molecular weight excluding hydrogens is 420 g/mol. The van der Waals surface area contributed by atoms with Crippen LogP contribution in [-0.4, -0.2) is 37.3 Å². The largest absolute Gasteiger partial charge is 0.497 e. The molecule has 1 fully saturated rings. The van der Waals surface area contributed by atoms with Gasteiger partial charge in [0.05, 0.1) is 25.5 Å². The summed E-state index contributed by atoms with van der Waals surface area (Å²) in [5.74, 6) is 0.759. The quantitative estimate of drug-likeness (QED) is 0.466. The third kappa shape index (κ3) is 5.03. The Labute approximate surface area is 194 Å². The normalized spacial score (nSPS) is 16.2. The first-order chi connectivity index (χ1) is 15.3. The molecular formula is C26H30N2O3S. The number of hydrogen-bond acceptors (Lipinski definition) is 5. The summed E-state index contributed by atoms with van der Waals surface area (Å²) in [6, 6.07) is 15.7. The van der Waals surface area contributed by atoms with Gasteiger partial charge in [0, 0.05) is 23.1 Å². The van der Waals surface area contributed by atoms with Gasteiger partial charge in [-0.1, -0.05) is 32.9 Å². The van der Waals surface area contributed by atoms with Crippen LogP contribution in [0.15, 0.2) is 53.9 Å². The summed E-state index contributed by atoms with van der Waals surface area (Å²) >= 11 is 1.48. The average Bonchev–Trinajstić information content (AvgIpc) is 3.49. The number of benzene rings is 2. The van der Waals surface area contributed by atoms with Crippen molar-refractivity contribution >= 4 is 22.4 Å². The van der Waals surface area contributed by atoms with E-state index >= 15 is 0 Å². The minimum atomic E-state index is -0.0448. The molecule has 0 unspecified atom stereocenters. The van der Waals surface area contributed by atoms with Crippen LogP contribution in [0.25, 0.3) is 11.3 Å². The fraction of sp³-hybridized carbons (Fsp3) is 0.385. The van der Waals surface area contributed by atoms with Crippen LogP contribution in [-0.2, 0) is 10.2 Å². The number of anilines is 1. The van der Waals surface area contributed by atoms with Crippen molar-refractivity contribution in [2.75, 3.05) is 25.2 Å². The van der Waals surface area contributed by atoms with Gasteiger partial charge < -0.3 is 9.47 Å². The molecule has 0 radical (unpaired) electrons. The molecule has 1 aliphatic rings. The first-order valence-electron chi connectivity index (χ1n) is 11.0. The third-order valence-electron chi connectivity index (χ3n) is 5.76. The fourth-order valence-electron chi connectivity index (χ4n) is 3.79. The Morgan fingerprint density at radius 1 is 1.16 bits per heavy atom. The predicted octanol–water partition coefficient (Wildman–Crippen LogP) is 5.94. The molecule has 32 heavy (non-hydrogen) atoms. The van der Waals surface area contributed by atoms with Crippen molar-refractivity contribution < 1.29 is 14.3 Å². The number of aromatic nitrogens is 1. The lowest BCUT2D eigenvalue weighted by molar-refractivity contribution is 0.0917. The molecule has 0 bridgehead atoms. The topological polar surface area (TPSA) is 51.7 Å². The highest BCUT2D eigenvalue weighted by Crippen LogP contribution is 2.31. The molecule has 0 spiro atoms. The van der Waals surface area contributed by atoms with Gasteiger partial charge >= 0.3 is 0 Å². The SMILES string of the molecule is COc1ccc(-c2csc(N(C[C@H]3CCCO3)C(=O)c3ccc(C(C)(C)C)cc3)n2)cc1. The Balaban J connectivity index is 1.61. The molecule has 3 aromatic rings. The van der Waals surface area contributed by atoms with Crippen LogP contribution in [0.2, 0.25) is 0 Å². The lowest BCUT2D eigenvalue weighted by Crippen LogP contribution is -2.37. The second kappa shape index (κ2) is 9.43. The summed E-state index contributed by atoms with van der Waals surface area (Å²) in [5, 5.41) is 2.69. The maximum absolute atomic E-state index is 13.5. The average molecular weight is 451 g/mol. The van der Waals surface area contributed by atoms with Crippen molar-refractivity contribution in [2.24, 2.45) is 0 Å². The van der Waals surface area contributed by atoms with Gasteiger partial charge in [0.1, 0.15) is 5.75 Å². The smallest absolute Gasteiger partial charge is 0.260 e. The molecule has 0 aliphatic carbocycles. The van der Waals surface area contributed by atoms with Crippen molar-refractivity contribution in [3.8, 4) is 17.0 Å². The van der Waals surface area contributed by atoms with Gasteiger partial charge in [-0.05, 0) is 60.2 Å². The van der Waals surface area contributed by atoms with Crippen LogP contribution in [0.5, 0.6) is 5.75 Å². The predicted molar refractivity (Wildman–Crippen MR) is 130 cm³/mol. The number of thiazole rings is 1. The Kier molecular flexibility index (Phi) is 6.63. The van der Waals surface area contributed by atoms with Gasteiger partial charge in [-0.15, -0.1) is 11.3 Å². The second-order valence-electron chi connectivity index (χ2n) is 9.12. The van der Waals surface area contributed by atoms with Crippen LogP contribution in [0, 0.1) is 0 Å². The van der Waals surface area contributed by atoms with Crippen molar-refractivity contribution in [3.63, 3.8) is 0 Å². The molecule has 4 rings (SSSR count). The highest BCUT2D eigenvalue weighted by atomic mass is 32.1. The van der Waals surface area contributed by atoms with Gasteiger partial charge in [0.25, 0.3) is 5.91 Å². The molecule has 2 heterocycles. The number of rotatable bonds is 6. The molecule has 1 amide bonds. The van der Waals surface area contributed by atoms with E-state index in [2.05, 4.69) is 20.8 Å². The molecule has 1 aromatic heterocycles. The standard InChI is InChI=1S/C26H30N2O3S/c1-26(2,3)20-11-7-19(8-12-20)24(29)28(16-22-6-5-15-31-22)25-27-23(17-32-25)18-9-13-21(30-4)14-10-18/h7-14,17,22H,5-6,15-16H2,1-4H3/t22-/m1/s1. The maximum atomic E-state index is 13.5. The van der Waals surface area contributed by atoms with Crippen LogP contribution < -0.4 is 9.64 Å². The summed E-state index contributed by atoms with van der Waals surface area (Å²) in [4.78, 5) is 20.1. The molecule has 1 saturated heterocycles. The number of carbonyl (C=O) groups excluding carboxylic acids is 1. The number of nitrogens with zero attached hydrogens (tertiary/aromatic N) is 2. The van der Waals surface area contributed by atoms with Crippen molar-refractivity contribution in [3.05, 3.63) is 65.0 Å². The number of hydrogen-bond donors (Lipinski definition) is 0. The van der Waals surface area contributed by atoms with Crippen molar-refractivity contribution in [2.45, 2.75) is 45.1 Å². The summed E-state index contributed by atoms with van der Waals surface area (Å²) in [6.45, 7) is 7.77. The second-order valence-corrected chi connectivity index (χ2v) is 9.96. The van der Waals surface area contributed by atoms with E-state index < -0.39 is 0 Å². The lowest BCUT2D eigenvalue weighted by atomic mass is 9.86. The first kappa shape index (κ1) is 22.5. The minimum Gasteiger partial charge on any atom is -0.497 e. The van der Waals surface area contributed by atoms with E-state index in [-0.39, 0.29) is 17.4 Å². The van der Waals surface area contributed by atoms with E-state index in [0.29, 0.717) is 17.2 Å². The number of ether oxygens (including phenoxy) is 2. The number of methoxy groups -OCH3 is 1. The highest BCUT2D eigenvalue weighted by Gasteiger charge is 2.27. The molecule has 0 N–H and O–H groups in total. The number of amides is 1. The van der Waals surface area contributed by atoms with Gasteiger partial charge in [-0.2, -0.15) is 0 Å². The zero-order valence-corrected chi connectivity index (χ0v) is 19.9. The lowest BCUT2D eigenvalue weighted by Gasteiger charge is -2.24. The maximum Gasteiger partial charge on any atom is 0.260 e. The molecule has 168 valence electrons. The van der Waals surface area contributed by atoms with E-state index in [1.807, 2.05) is 53.9 Å². The molecule has 1 aliphatic heterocycles. The molecule has 5 nitrogen and oxygen atoms in total. The van der Waals surface area contributed by atoms with Gasteiger partial charge in [-0.3, -0.25) is 9.69 Å². The molecule has 1 atom stereocenters. The minimum absolute atomic E-state index is 0.0427. The van der Waals surface area contributed by atoms with Crippen LogP contribution >= 0.6 is 11.3 Å². The molecule has 0 saturated carbocycles. The monoisotopic (exact) mass is 450 g/mol.